The minimum atomic E-state index is -0.158. The van der Waals surface area contributed by atoms with Gasteiger partial charge in [0.15, 0.2) is 0 Å². The minimum Gasteiger partial charge on any atom is -0.491 e. The molecule has 0 bridgehead atoms. The van der Waals surface area contributed by atoms with E-state index in [0.717, 1.165) is 41.2 Å². The van der Waals surface area contributed by atoms with Gasteiger partial charge in [0.1, 0.15) is 5.75 Å². The van der Waals surface area contributed by atoms with E-state index < -0.39 is 0 Å². The molecule has 5 heteroatoms. The Labute approximate surface area is 146 Å². The van der Waals surface area contributed by atoms with Crippen molar-refractivity contribution >= 4 is 23.2 Å². The third-order valence-corrected chi connectivity index (χ3v) is 4.53. The second kappa shape index (κ2) is 5.92. The SMILES string of the molecule is CC(C)Oc1ccc(NC(=O)c2cc3c4c(c2)CC(=O)N4CC3)cc1. The Morgan fingerprint density at radius 1 is 1.16 bits per heavy atom. The van der Waals surface area contributed by atoms with Gasteiger partial charge in [-0.05, 0) is 67.8 Å². The first-order chi connectivity index (χ1) is 12.0. The predicted molar refractivity (Wildman–Crippen MR) is 96.4 cm³/mol. The second-order valence-electron chi connectivity index (χ2n) is 6.76. The van der Waals surface area contributed by atoms with Crippen LogP contribution in [0, 0.1) is 0 Å². The second-order valence-corrected chi connectivity index (χ2v) is 6.76. The Hall–Kier alpha value is -2.82. The molecule has 2 amide bonds. The van der Waals surface area contributed by atoms with E-state index in [2.05, 4.69) is 5.32 Å². The molecule has 1 N–H and O–H groups in total. The van der Waals surface area contributed by atoms with Crippen molar-refractivity contribution in [1.82, 2.24) is 0 Å². The zero-order valence-electron chi connectivity index (χ0n) is 14.3. The molecule has 5 nitrogen and oxygen atoms in total. The van der Waals surface area contributed by atoms with Crippen LogP contribution in [0.3, 0.4) is 0 Å². The molecular formula is C20H20N2O3. The van der Waals surface area contributed by atoms with Crippen molar-refractivity contribution in [2.45, 2.75) is 32.8 Å². The highest BCUT2D eigenvalue weighted by Crippen LogP contribution is 2.38. The summed E-state index contributed by atoms with van der Waals surface area (Å²) in [6.45, 7) is 4.67. The van der Waals surface area contributed by atoms with Crippen molar-refractivity contribution in [3.63, 3.8) is 0 Å². The lowest BCUT2D eigenvalue weighted by molar-refractivity contribution is -0.117. The van der Waals surface area contributed by atoms with Crippen molar-refractivity contribution in [2.24, 2.45) is 0 Å². The molecule has 2 heterocycles. The van der Waals surface area contributed by atoms with Crippen LogP contribution < -0.4 is 15.0 Å². The van der Waals surface area contributed by atoms with Gasteiger partial charge in [0.2, 0.25) is 5.91 Å². The Bertz CT molecular complexity index is 856. The molecular weight excluding hydrogens is 316 g/mol. The van der Waals surface area contributed by atoms with Crippen LogP contribution in [0.1, 0.15) is 35.3 Å². The summed E-state index contributed by atoms with van der Waals surface area (Å²) in [5.41, 5.74) is 4.40. The van der Waals surface area contributed by atoms with Crippen molar-refractivity contribution in [2.75, 3.05) is 16.8 Å². The molecule has 2 aliphatic heterocycles. The van der Waals surface area contributed by atoms with Gasteiger partial charge in [-0.3, -0.25) is 9.59 Å². The van der Waals surface area contributed by atoms with E-state index in [1.54, 1.807) is 0 Å². The van der Waals surface area contributed by atoms with E-state index in [1.165, 1.54) is 0 Å². The average Bonchev–Trinajstić information content (AvgIpc) is 3.13. The molecule has 2 aliphatic rings. The van der Waals surface area contributed by atoms with Crippen molar-refractivity contribution < 1.29 is 14.3 Å². The molecule has 0 aromatic heterocycles. The monoisotopic (exact) mass is 336 g/mol. The van der Waals surface area contributed by atoms with E-state index in [-0.39, 0.29) is 17.9 Å². The van der Waals surface area contributed by atoms with Crippen LogP contribution in [0.5, 0.6) is 5.75 Å². The number of rotatable bonds is 4. The molecule has 0 spiro atoms. The van der Waals surface area contributed by atoms with E-state index in [9.17, 15) is 9.59 Å². The van der Waals surface area contributed by atoms with Gasteiger partial charge in [0.05, 0.1) is 18.2 Å². The minimum absolute atomic E-state index is 0.113. The van der Waals surface area contributed by atoms with E-state index in [0.29, 0.717) is 12.0 Å². The normalized spacial score (nSPS) is 14.8. The molecule has 0 fully saturated rings. The van der Waals surface area contributed by atoms with Gasteiger partial charge >= 0.3 is 0 Å². The standard InChI is InChI=1S/C20H20N2O3/c1-12(2)25-17-5-3-16(4-6-17)21-20(24)15-9-13-7-8-22-18(23)11-14(10-15)19(13)22/h3-6,9-10,12H,7-8,11H2,1-2H3,(H,21,24). The summed E-state index contributed by atoms with van der Waals surface area (Å²) in [5, 5.41) is 2.91. The average molecular weight is 336 g/mol. The Kier molecular flexibility index (Phi) is 3.71. The molecule has 0 aliphatic carbocycles. The smallest absolute Gasteiger partial charge is 0.255 e. The molecule has 0 unspecified atom stereocenters. The number of nitrogens with zero attached hydrogens (tertiary/aromatic N) is 1. The van der Waals surface area contributed by atoms with Crippen LogP contribution in [0.15, 0.2) is 36.4 Å². The zero-order chi connectivity index (χ0) is 17.6. The van der Waals surface area contributed by atoms with E-state index >= 15 is 0 Å². The quantitative estimate of drug-likeness (QED) is 0.933. The summed E-state index contributed by atoms with van der Waals surface area (Å²) in [6.07, 6.45) is 1.32. The van der Waals surface area contributed by atoms with Gasteiger partial charge in [-0.15, -0.1) is 0 Å². The number of anilines is 2. The molecule has 25 heavy (non-hydrogen) atoms. The Balaban J connectivity index is 1.53. The Morgan fingerprint density at radius 3 is 2.60 bits per heavy atom. The third-order valence-electron chi connectivity index (χ3n) is 4.53. The molecule has 0 saturated heterocycles. The van der Waals surface area contributed by atoms with Crippen LogP contribution in [0.2, 0.25) is 0 Å². The first-order valence-corrected chi connectivity index (χ1v) is 8.55. The fourth-order valence-corrected chi connectivity index (χ4v) is 3.51. The lowest BCUT2D eigenvalue weighted by Gasteiger charge is -2.12. The predicted octanol–water partition coefficient (Wildman–Crippen LogP) is 3.17. The van der Waals surface area contributed by atoms with Crippen LogP contribution in [0.25, 0.3) is 0 Å². The Morgan fingerprint density at radius 2 is 1.88 bits per heavy atom. The summed E-state index contributed by atoms with van der Waals surface area (Å²) < 4.78 is 5.60. The molecule has 4 rings (SSSR count). The number of hydrogen-bond acceptors (Lipinski definition) is 3. The molecule has 128 valence electrons. The van der Waals surface area contributed by atoms with E-state index in [1.807, 2.05) is 55.1 Å². The topological polar surface area (TPSA) is 58.6 Å². The van der Waals surface area contributed by atoms with Crippen LogP contribution in [0.4, 0.5) is 11.4 Å². The summed E-state index contributed by atoms with van der Waals surface area (Å²) >= 11 is 0. The maximum Gasteiger partial charge on any atom is 0.255 e. The van der Waals surface area contributed by atoms with Gasteiger partial charge in [0, 0.05) is 17.8 Å². The van der Waals surface area contributed by atoms with Crippen LogP contribution >= 0.6 is 0 Å². The lowest BCUT2D eigenvalue weighted by atomic mass is 10.0. The highest BCUT2D eigenvalue weighted by molar-refractivity contribution is 6.08. The maximum absolute atomic E-state index is 12.6. The molecule has 2 aromatic rings. The maximum atomic E-state index is 12.6. The van der Waals surface area contributed by atoms with Gasteiger partial charge in [0.25, 0.3) is 5.91 Å². The highest BCUT2D eigenvalue weighted by atomic mass is 16.5. The van der Waals surface area contributed by atoms with E-state index in [4.69, 9.17) is 4.74 Å². The lowest BCUT2D eigenvalue weighted by Crippen LogP contribution is -2.24. The largest absolute Gasteiger partial charge is 0.491 e. The molecule has 0 saturated carbocycles. The first kappa shape index (κ1) is 15.7. The summed E-state index contributed by atoms with van der Waals surface area (Å²) in [4.78, 5) is 26.4. The summed E-state index contributed by atoms with van der Waals surface area (Å²) in [6, 6.07) is 11.1. The summed E-state index contributed by atoms with van der Waals surface area (Å²) in [5.74, 6) is 0.749. The van der Waals surface area contributed by atoms with Crippen molar-refractivity contribution in [1.29, 1.82) is 0 Å². The fourth-order valence-electron chi connectivity index (χ4n) is 3.51. The number of amides is 2. The van der Waals surface area contributed by atoms with Crippen molar-refractivity contribution in [3.8, 4) is 5.75 Å². The van der Waals surface area contributed by atoms with Gasteiger partial charge in [-0.25, -0.2) is 0 Å². The van der Waals surface area contributed by atoms with Crippen LogP contribution in [-0.2, 0) is 17.6 Å². The number of benzene rings is 2. The van der Waals surface area contributed by atoms with Gasteiger partial charge < -0.3 is 15.0 Å². The molecule has 0 radical (unpaired) electrons. The van der Waals surface area contributed by atoms with Gasteiger partial charge in [-0.1, -0.05) is 0 Å². The highest BCUT2D eigenvalue weighted by Gasteiger charge is 2.34. The molecule has 0 atom stereocenters. The number of ether oxygens (including phenoxy) is 1. The first-order valence-electron chi connectivity index (χ1n) is 8.55. The number of hydrogen-bond donors (Lipinski definition) is 1. The summed E-state index contributed by atoms with van der Waals surface area (Å²) in [7, 11) is 0. The number of carbonyl (C=O) groups is 2. The number of nitrogens with one attached hydrogen (secondary N) is 1. The van der Waals surface area contributed by atoms with Crippen LogP contribution in [-0.4, -0.2) is 24.5 Å². The fraction of sp³-hybridized carbons (Fsp3) is 0.300. The molecule has 2 aromatic carbocycles. The third kappa shape index (κ3) is 2.86. The number of carbonyl (C=O) groups excluding carboxylic acids is 2. The zero-order valence-corrected chi connectivity index (χ0v) is 14.3. The van der Waals surface area contributed by atoms with Crippen molar-refractivity contribution in [3.05, 3.63) is 53.1 Å². The van der Waals surface area contributed by atoms with Gasteiger partial charge in [-0.2, -0.15) is 0 Å².